The molecule has 1 N–H and O–H groups in total. The molecule has 6 heteroatoms. The van der Waals surface area contributed by atoms with Gasteiger partial charge in [0.1, 0.15) is 5.69 Å². The molecule has 0 aliphatic rings. The molecule has 0 saturated carbocycles. The van der Waals surface area contributed by atoms with E-state index in [0.717, 1.165) is 6.07 Å². The van der Waals surface area contributed by atoms with E-state index >= 15 is 0 Å². The molecule has 0 atom stereocenters. The number of nitrogens with zero attached hydrogens (tertiary/aromatic N) is 2. The Kier molecular flexibility index (Phi) is 1.61. The zero-order valence-corrected chi connectivity index (χ0v) is 7.92. The first-order valence-corrected chi connectivity index (χ1v) is 4.59. The zero-order chi connectivity index (χ0) is 11.3. The minimum Gasteiger partial charge on any atom is -0.288 e. The minimum absolute atomic E-state index is 0.272. The van der Waals surface area contributed by atoms with Crippen molar-refractivity contribution in [3.05, 3.63) is 36.0 Å². The van der Waals surface area contributed by atoms with Gasteiger partial charge in [0, 0.05) is 6.07 Å². The molecule has 0 aliphatic carbocycles. The second kappa shape index (κ2) is 2.78. The van der Waals surface area contributed by atoms with Crippen molar-refractivity contribution >= 4 is 16.7 Å². The Hall–Kier alpha value is -1.98. The van der Waals surface area contributed by atoms with Crippen LogP contribution in [0, 0.1) is 0 Å². The molecule has 0 aliphatic heterocycles. The van der Waals surface area contributed by atoms with Gasteiger partial charge in [-0.25, -0.2) is 9.50 Å². The Balaban J connectivity index is 2.35. The summed E-state index contributed by atoms with van der Waals surface area (Å²) in [6.07, 6.45) is -4.37. The van der Waals surface area contributed by atoms with Crippen LogP contribution in [0.25, 0.3) is 16.7 Å². The van der Waals surface area contributed by atoms with Gasteiger partial charge in [-0.3, -0.25) is 5.10 Å². The Morgan fingerprint density at radius 2 is 1.94 bits per heavy atom. The van der Waals surface area contributed by atoms with Crippen molar-refractivity contribution in [1.82, 2.24) is 14.6 Å². The average molecular weight is 225 g/mol. The fourth-order valence-corrected chi connectivity index (χ4v) is 1.69. The Bertz CT molecular complexity index is 663. The molecule has 3 aromatic rings. The predicted molar refractivity (Wildman–Crippen MR) is 52.1 cm³/mol. The molecule has 2 heterocycles. The van der Waals surface area contributed by atoms with Crippen LogP contribution in [-0.2, 0) is 6.18 Å². The quantitative estimate of drug-likeness (QED) is 0.627. The summed E-state index contributed by atoms with van der Waals surface area (Å²) < 4.78 is 38.6. The number of benzene rings is 1. The van der Waals surface area contributed by atoms with Crippen LogP contribution in [0.4, 0.5) is 13.2 Å². The van der Waals surface area contributed by atoms with E-state index < -0.39 is 11.9 Å². The van der Waals surface area contributed by atoms with Crippen LogP contribution in [0.3, 0.4) is 0 Å². The molecule has 0 spiro atoms. The number of aromatic amines is 1. The van der Waals surface area contributed by atoms with Crippen molar-refractivity contribution in [2.24, 2.45) is 0 Å². The van der Waals surface area contributed by atoms with Gasteiger partial charge in [-0.05, 0) is 12.1 Å². The smallest absolute Gasteiger partial charge is 0.288 e. The number of alkyl halides is 3. The molecular weight excluding hydrogens is 219 g/mol. The van der Waals surface area contributed by atoms with Gasteiger partial charge in [-0.15, -0.1) is 0 Å². The van der Waals surface area contributed by atoms with Crippen molar-refractivity contribution in [3.63, 3.8) is 0 Å². The maximum atomic E-state index is 12.4. The summed E-state index contributed by atoms with van der Waals surface area (Å²) in [5, 5.41) is 2.29. The van der Waals surface area contributed by atoms with Gasteiger partial charge < -0.3 is 0 Å². The Morgan fingerprint density at radius 1 is 1.19 bits per heavy atom. The molecule has 0 fully saturated rings. The summed E-state index contributed by atoms with van der Waals surface area (Å²) in [6, 6.07) is 8.01. The van der Waals surface area contributed by atoms with E-state index in [1.54, 1.807) is 24.3 Å². The van der Waals surface area contributed by atoms with Crippen LogP contribution in [0.5, 0.6) is 0 Å². The van der Waals surface area contributed by atoms with E-state index in [1.807, 2.05) is 0 Å². The van der Waals surface area contributed by atoms with Gasteiger partial charge in [0.25, 0.3) is 0 Å². The Labute approximate surface area is 87.5 Å². The summed E-state index contributed by atoms with van der Waals surface area (Å²) in [4.78, 5) is 4.08. The molecular formula is C10H6F3N3. The van der Waals surface area contributed by atoms with Crippen LogP contribution >= 0.6 is 0 Å². The first-order valence-electron chi connectivity index (χ1n) is 4.59. The molecule has 0 bridgehead atoms. The summed E-state index contributed by atoms with van der Waals surface area (Å²) in [7, 11) is 0. The number of fused-ring (bicyclic) bond motifs is 3. The monoisotopic (exact) mass is 225 g/mol. The molecule has 0 unspecified atom stereocenters. The fraction of sp³-hybridized carbons (Fsp3) is 0.100. The number of hydrogen-bond donors (Lipinski definition) is 1. The van der Waals surface area contributed by atoms with Gasteiger partial charge in [0.15, 0.2) is 5.65 Å². The van der Waals surface area contributed by atoms with Crippen molar-refractivity contribution < 1.29 is 13.2 Å². The third-order valence-corrected chi connectivity index (χ3v) is 2.40. The van der Waals surface area contributed by atoms with Crippen molar-refractivity contribution in [2.45, 2.75) is 6.18 Å². The summed E-state index contributed by atoms with van der Waals surface area (Å²) in [5.41, 5.74) is 0.782. The highest BCUT2D eigenvalue weighted by Gasteiger charge is 2.33. The summed E-state index contributed by atoms with van der Waals surface area (Å²) in [6.45, 7) is 0. The van der Waals surface area contributed by atoms with Crippen LogP contribution in [0.1, 0.15) is 5.69 Å². The van der Waals surface area contributed by atoms with Crippen LogP contribution in [-0.4, -0.2) is 14.6 Å². The SMILES string of the molecule is FC(F)(F)c1cc2nc3ccccc3n2[nH]1. The van der Waals surface area contributed by atoms with E-state index in [2.05, 4.69) is 10.1 Å². The molecule has 2 aromatic heterocycles. The molecule has 0 radical (unpaired) electrons. The number of hydrogen-bond acceptors (Lipinski definition) is 1. The molecule has 3 nitrogen and oxygen atoms in total. The van der Waals surface area contributed by atoms with E-state index in [1.165, 1.54) is 4.52 Å². The van der Waals surface area contributed by atoms with Crippen LogP contribution in [0.15, 0.2) is 30.3 Å². The number of rotatable bonds is 0. The molecule has 82 valence electrons. The zero-order valence-electron chi connectivity index (χ0n) is 7.92. The van der Waals surface area contributed by atoms with Crippen molar-refractivity contribution in [3.8, 4) is 0 Å². The third-order valence-electron chi connectivity index (χ3n) is 2.40. The lowest BCUT2D eigenvalue weighted by Crippen LogP contribution is -2.05. The summed E-state index contributed by atoms with van der Waals surface area (Å²) in [5.74, 6) is 0. The lowest BCUT2D eigenvalue weighted by molar-refractivity contribution is -0.141. The van der Waals surface area contributed by atoms with Gasteiger partial charge in [0.2, 0.25) is 0 Å². The van der Waals surface area contributed by atoms with Gasteiger partial charge in [0.05, 0.1) is 11.0 Å². The van der Waals surface area contributed by atoms with E-state index in [9.17, 15) is 13.2 Å². The molecule has 1 aromatic carbocycles. The third kappa shape index (κ3) is 1.19. The maximum absolute atomic E-state index is 12.4. The molecule has 0 amide bonds. The normalized spacial score (nSPS) is 12.7. The number of para-hydroxylation sites is 2. The lowest BCUT2D eigenvalue weighted by Gasteiger charge is -2.01. The highest BCUT2D eigenvalue weighted by molar-refractivity contribution is 5.79. The van der Waals surface area contributed by atoms with E-state index in [0.29, 0.717) is 11.0 Å². The number of halogens is 3. The Morgan fingerprint density at radius 3 is 2.69 bits per heavy atom. The second-order valence-electron chi connectivity index (χ2n) is 3.46. The maximum Gasteiger partial charge on any atom is 0.432 e. The van der Waals surface area contributed by atoms with Gasteiger partial charge in [-0.1, -0.05) is 12.1 Å². The molecule has 0 saturated heterocycles. The van der Waals surface area contributed by atoms with E-state index in [4.69, 9.17) is 0 Å². The van der Waals surface area contributed by atoms with Crippen molar-refractivity contribution in [1.29, 1.82) is 0 Å². The number of H-pyrrole nitrogens is 1. The first-order chi connectivity index (χ1) is 7.55. The number of aromatic nitrogens is 3. The minimum atomic E-state index is -4.37. The van der Waals surface area contributed by atoms with Crippen LogP contribution < -0.4 is 0 Å². The predicted octanol–water partition coefficient (Wildman–Crippen LogP) is 2.83. The van der Waals surface area contributed by atoms with Crippen molar-refractivity contribution in [2.75, 3.05) is 0 Å². The van der Waals surface area contributed by atoms with Gasteiger partial charge >= 0.3 is 6.18 Å². The number of imidazole rings is 1. The largest absolute Gasteiger partial charge is 0.432 e. The standard InChI is InChI=1S/C10H6F3N3/c11-10(12,13)8-5-9-14-6-3-1-2-4-7(6)16(9)15-8/h1-5,15H. The first kappa shape index (κ1) is 9.26. The highest BCUT2D eigenvalue weighted by atomic mass is 19.4. The summed E-state index contributed by atoms with van der Waals surface area (Å²) >= 11 is 0. The van der Waals surface area contributed by atoms with Gasteiger partial charge in [-0.2, -0.15) is 13.2 Å². The highest BCUT2D eigenvalue weighted by Crippen LogP contribution is 2.29. The molecule has 16 heavy (non-hydrogen) atoms. The lowest BCUT2D eigenvalue weighted by atomic mass is 10.3. The average Bonchev–Trinajstić information content (AvgIpc) is 2.72. The van der Waals surface area contributed by atoms with E-state index in [-0.39, 0.29) is 5.65 Å². The topological polar surface area (TPSA) is 33.1 Å². The fourth-order valence-electron chi connectivity index (χ4n) is 1.69. The van der Waals surface area contributed by atoms with Crippen LogP contribution in [0.2, 0.25) is 0 Å². The molecule has 3 rings (SSSR count). The second-order valence-corrected chi connectivity index (χ2v) is 3.46. The number of nitrogens with one attached hydrogen (secondary N) is 1.